The van der Waals surface area contributed by atoms with Gasteiger partial charge in [-0.25, -0.2) is 9.78 Å². The summed E-state index contributed by atoms with van der Waals surface area (Å²) in [6.45, 7) is 3.89. The SMILES string of the molecule is CCCSc1nc(C)sc1C(=O)O. The first-order chi connectivity index (χ1) is 6.15. The van der Waals surface area contributed by atoms with Crippen molar-refractivity contribution in [3.63, 3.8) is 0 Å². The molecule has 0 spiro atoms. The highest BCUT2D eigenvalue weighted by atomic mass is 32.2. The first-order valence-corrected chi connectivity index (χ1v) is 5.79. The fourth-order valence-electron chi connectivity index (χ4n) is 0.840. The zero-order valence-electron chi connectivity index (χ0n) is 7.53. The third-order valence-corrected chi connectivity index (χ3v) is 3.61. The van der Waals surface area contributed by atoms with Crippen LogP contribution in [0.15, 0.2) is 5.03 Å². The molecule has 0 aromatic carbocycles. The Labute approximate surface area is 85.2 Å². The largest absolute Gasteiger partial charge is 0.477 e. The van der Waals surface area contributed by atoms with Crippen molar-refractivity contribution in [1.29, 1.82) is 0 Å². The molecule has 0 aliphatic rings. The first kappa shape index (κ1) is 10.5. The van der Waals surface area contributed by atoms with Crippen molar-refractivity contribution in [1.82, 2.24) is 4.98 Å². The lowest BCUT2D eigenvalue weighted by molar-refractivity contribution is 0.0698. The molecule has 1 N–H and O–H groups in total. The summed E-state index contributed by atoms with van der Waals surface area (Å²) in [6, 6.07) is 0. The fraction of sp³-hybridized carbons (Fsp3) is 0.500. The minimum Gasteiger partial charge on any atom is -0.477 e. The summed E-state index contributed by atoms with van der Waals surface area (Å²) >= 11 is 2.76. The van der Waals surface area contributed by atoms with E-state index in [1.807, 2.05) is 6.92 Å². The molecule has 0 radical (unpaired) electrons. The Balaban J connectivity index is 2.84. The first-order valence-electron chi connectivity index (χ1n) is 3.98. The highest BCUT2D eigenvalue weighted by molar-refractivity contribution is 7.99. The lowest BCUT2D eigenvalue weighted by Crippen LogP contribution is -1.94. The van der Waals surface area contributed by atoms with Gasteiger partial charge in [0, 0.05) is 0 Å². The third kappa shape index (κ3) is 2.70. The lowest BCUT2D eigenvalue weighted by Gasteiger charge is -1.95. The predicted octanol–water partition coefficient (Wildman–Crippen LogP) is 2.65. The Morgan fingerprint density at radius 1 is 1.69 bits per heavy atom. The van der Waals surface area contributed by atoms with Crippen LogP contribution in [-0.4, -0.2) is 21.8 Å². The average molecular weight is 217 g/mol. The van der Waals surface area contributed by atoms with Crippen molar-refractivity contribution in [3.05, 3.63) is 9.88 Å². The topological polar surface area (TPSA) is 50.2 Å². The van der Waals surface area contributed by atoms with E-state index in [0.717, 1.165) is 17.2 Å². The zero-order chi connectivity index (χ0) is 9.84. The van der Waals surface area contributed by atoms with Crippen molar-refractivity contribution in [2.24, 2.45) is 0 Å². The lowest BCUT2D eigenvalue weighted by atomic mass is 10.6. The van der Waals surface area contributed by atoms with Gasteiger partial charge in [0.05, 0.1) is 5.01 Å². The number of carboxylic acid groups (broad SMARTS) is 1. The van der Waals surface area contributed by atoms with E-state index < -0.39 is 5.97 Å². The maximum absolute atomic E-state index is 10.8. The van der Waals surface area contributed by atoms with E-state index in [9.17, 15) is 4.79 Å². The second-order valence-electron chi connectivity index (χ2n) is 2.52. The van der Waals surface area contributed by atoms with Crippen LogP contribution >= 0.6 is 23.1 Å². The van der Waals surface area contributed by atoms with Gasteiger partial charge < -0.3 is 5.11 Å². The Bertz CT molecular complexity index is 309. The number of carbonyl (C=O) groups is 1. The van der Waals surface area contributed by atoms with Crippen LogP contribution in [-0.2, 0) is 0 Å². The minimum absolute atomic E-state index is 0.371. The summed E-state index contributed by atoms with van der Waals surface area (Å²) in [4.78, 5) is 15.3. The molecule has 1 aromatic rings. The van der Waals surface area contributed by atoms with Crippen LogP contribution in [0, 0.1) is 6.92 Å². The van der Waals surface area contributed by atoms with Gasteiger partial charge >= 0.3 is 5.97 Å². The van der Waals surface area contributed by atoms with E-state index in [1.54, 1.807) is 0 Å². The molecule has 1 heterocycles. The standard InChI is InChI=1S/C8H11NO2S2/c1-3-4-12-7-6(8(10)11)13-5(2)9-7/h3-4H2,1-2H3,(H,10,11). The number of thioether (sulfide) groups is 1. The molecule has 3 nitrogen and oxygen atoms in total. The monoisotopic (exact) mass is 217 g/mol. The molecule has 1 aromatic heterocycles. The Morgan fingerprint density at radius 3 is 2.92 bits per heavy atom. The van der Waals surface area contributed by atoms with E-state index in [0.29, 0.717) is 9.90 Å². The molecule has 0 aliphatic carbocycles. The molecule has 13 heavy (non-hydrogen) atoms. The number of aryl methyl sites for hydroxylation is 1. The number of thiazole rings is 1. The number of rotatable bonds is 4. The van der Waals surface area contributed by atoms with Crippen molar-refractivity contribution < 1.29 is 9.90 Å². The number of carboxylic acids is 1. The average Bonchev–Trinajstić information content (AvgIpc) is 2.43. The quantitative estimate of drug-likeness (QED) is 0.788. The molecular formula is C8H11NO2S2. The molecule has 0 bridgehead atoms. The van der Waals surface area contributed by atoms with E-state index >= 15 is 0 Å². The van der Waals surface area contributed by atoms with Gasteiger partial charge in [-0.05, 0) is 19.1 Å². The molecule has 0 aliphatic heterocycles. The highest BCUT2D eigenvalue weighted by Crippen LogP contribution is 2.27. The molecule has 0 fully saturated rings. The van der Waals surface area contributed by atoms with Gasteiger partial charge in [0.1, 0.15) is 9.90 Å². The predicted molar refractivity (Wildman–Crippen MR) is 54.8 cm³/mol. The van der Waals surface area contributed by atoms with Crippen molar-refractivity contribution >= 4 is 29.1 Å². The van der Waals surface area contributed by atoms with Gasteiger partial charge in [-0.2, -0.15) is 0 Å². The zero-order valence-corrected chi connectivity index (χ0v) is 9.17. The molecular weight excluding hydrogens is 206 g/mol. The van der Waals surface area contributed by atoms with Crippen molar-refractivity contribution in [2.75, 3.05) is 5.75 Å². The highest BCUT2D eigenvalue weighted by Gasteiger charge is 2.15. The molecule has 0 unspecified atom stereocenters. The van der Waals surface area contributed by atoms with Gasteiger partial charge in [-0.1, -0.05) is 6.92 Å². The fourth-order valence-corrected chi connectivity index (χ4v) is 2.67. The van der Waals surface area contributed by atoms with Crippen LogP contribution in [0.4, 0.5) is 0 Å². The van der Waals surface area contributed by atoms with Crippen LogP contribution in [0.2, 0.25) is 0 Å². The summed E-state index contributed by atoms with van der Waals surface area (Å²) in [5, 5.41) is 10.3. The minimum atomic E-state index is -0.871. The van der Waals surface area contributed by atoms with Gasteiger partial charge in [-0.3, -0.25) is 0 Å². The molecule has 5 heteroatoms. The number of aromatic carboxylic acids is 1. The molecule has 0 amide bonds. The third-order valence-electron chi connectivity index (χ3n) is 1.34. The summed E-state index contributed by atoms with van der Waals surface area (Å²) in [5.41, 5.74) is 0. The van der Waals surface area contributed by atoms with Crippen molar-refractivity contribution in [3.8, 4) is 0 Å². The van der Waals surface area contributed by atoms with E-state index in [2.05, 4.69) is 11.9 Å². The van der Waals surface area contributed by atoms with E-state index in [1.165, 1.54) is 23.1 Å². The maximum atomic E-state index is 10.8. The van der Waals surface area contributed by atoms with Crippen LogP contribution in [0.3, 0.4) is 0 Å². The van der Waals surface area contributed by atoms with Gasteiger partial charge in [0.15, 0.2) is 0 Å². The maximum Gasteiger partial charge on any atom is 0.348 e. The molecule has 0 saturated heterocycles. The number of aromatic nitrogens is 1. The Morgan fingerprint density at radius 2 is 2.38 bits per heavy atom. The Hall–Kier alpha value is -0.550. The molecule has 72 valence electrons. The second kappa shape index (κ2) is 4.62. The number of nitrogens with zero attached hydrogens (tertiary/aromatic N) is 1. The summed E-state index contributed by atoms with van der Waals surface area (Å²) in [6.07, 6.45) is 1.03. The molecule has 0 saturated carbocycles. The second-order valence-corrected chi connectivity index (χ2v) is 4.81. The van der Waals surface area contributed by atoms with Crippen LogP contribution in [0.1, 0.15) is 28.0 Å². The van der Waals surface area contributed by atoms with Crippen LogP contribution in [0.25, 0.3) is 0 Å². The number of hydrogen-bond donors (Lipinski definition) is 1. The summed E-state index contributed by atoms with van der Waals surface area (Å²) < 4.78 is 0. The van der Waals surface area contributed by atoms with E-state index in [-0.39, 0.29) is 0 Å². The van der Waals surface area contributed by atoms with Gasteiger partial charge in [0.2, 0.25) is 0 Å². The molecule has 1 rings (SSSR count). The summed E-state index contributed by atoms with van der Waals surface area (Å²) in [5.74, 6) is 0.0490. The van der Waals surface area contributed by atoms with E-state index in [4.69, 9.17) is 5.11 Å². The normalized spacial score (nSPS) is 10.3. The Kier molecular flexibility index (Phi) is 3.74. The smallest absolute Gasteiger partial charge is 0.348 e. The summed E-state index contributed by atoms with van der Waals surface area (Å²) in [7, 11) is 0. The number of hydrogen-bond acceptors (Lipinski definition) is 4. The van der Waals surface area contributed by atoms with Crippen molar-refractivity contribution in [2.45, 2.75) is 25.3 Å². The van der Waals surface area contributed by atoms with Gasteiger partial charge in [0.25, 0.3) is 0 Å². The van der Waals surface area contributed by atoms with Gasteiger partial charge in [-0.15, -0.1) is 23.1 Å². The van der Waals surface area contributed by atoms with Crippen LogP contribution in [0.5, 0.6) is 0 Å². The molecule has 0 atom stereocenters. The van der Waals surface area contributed by atoms with Crippen LogP contribution < -0.4 is 0 Å².